The van der Waals surface area contributed by atoms with E-state index in [1.165, 1.54) is 20.4 Å². The predicted octanol–water partition coefficient (Wildman–Crippen LogP) is 1.20. The summed E-state index contributed by atoms with van der Waals surface area (Å²) in [6.45, 7) is 5.11. The van der Waals surface area contributed by atoms with E-state index in [4.69, 9.17) is 9.47 Å². The molecule has 0 aliphatic rings. The van der Waals surface area contributed by atoms with Gasteiger partial charge in [-0.25, -0.2) is 4.99 Å². The monoisotopic (exact) mass is 156 g/mol. The summed E-state index contributed by atoms with van der Waals surface area (Å²) in [5.74, 6) is 0.493. The third kappa shape index (κ3) is 4.13. The lowest BCUT2D eigenvalue weighted by atomic mass is 10.7. The Morgan fingerprint density at radius 3 is 2.36 bits per heavy atom. The van der Waals surface area contributed by atoms with Crippen molar-refractivity contribution >= 4 is 11.9 Å². The second kappa shape index (κ2) is 5.46. The molecular formula is C7H12N2O2. The number of hydrogen-bond donors (Lipinski definition) is 0. The van der Waals surface area contributed by atoms with Crippen LogP contribution in [0.5, 0.6) is 0 Å². The van der Waals surface area contributed by atoms with E-state index in [0.29, 0.717) is 5.90 Å². The molecule has 0 rings (SSSR count). The highest BCUT2D eigenvalue weighted by Crippen LogP contribution is 1.86. The molecule has 0 aromatic heterocycles. The molecule has 0 spiro atoms. The molecule has 0 N–H and O–H groups in total. The fourth-order valence-electron chi connectivity index (χ4n) is 0.386. The van der Waals surface area contributed by atoms with Crippen molar-refractivity contribution in [2.24, 2.45) is 9.98 Å². The van der Waals surface area contributed by atoms with Crippen LogP contribution in [0.4, 0.5) is 0 Å². The molecule has 4 heteroatoms. The molecule has 4 nitrogen and oxygen atoms in total. The Morgan fingerprint density at radius 2 is 2.00 bits per heavy atom. The van der Waals surface area contributed by atoms with Gasteiger partial charge in [0.1, 0.15) is 0 Å². The van der Waals surface area contributed by atoms with Crippen LogP contribution < -0.4 is 0 Å². The summed E-state index contributed by atoms with van der Waals surface area (Å²) in [5.41, 5.74) is 0. The molecule has 0 aromatic rings. The zero-order valence-corrected chi connectivity index (χ0v) is 7.00. The third-order valence-corrected chi connectivity index (χ3v) is 0.933. The van der Waals surface area contributed by atoms with E-state index in [-0.39, 0.29) is 6.02 Å². The number of ether oxygens (including phenoxy) is 2. The van der Waals surface area contributed by atoms with Crippen molar-refractivity contribution in [2.75, 3.05) is 14.2 Å². The van der Waals surface area contributed by atoms with Crippen molar-refractivity contribution in [3.8, 4) is 0 Å². The molecule has 0 atom stereocenters. The Hall–Kier alpha value is -1.32. The first-order chi connectivity index (χ1) is 5.24. The Morgan fingerprint density at radius 1 is 1.36 bits per heavy atom. The van der Waals surface area contributed by atoms with Crippen molar-refractivity contribution in [3.05, 3.63) is 12.8 Å². The lowest BCUT2D eigenvalue weighted by Gasteiger charge is -1.98. The standard InChI is InChI=1S/C7H12N2O2/c1-5-8-7(11-4)9-6(2)10-3/h5H,1H2,2-4H3. The molecule has 62 valence electrons. The van der Waals surface area contributed by atoms with Crippen LogP contribution in [0.1, 0.15) is 6.92 Å². The Labute approximate surface area is 66.3 Å². The van der Waals surface area contributed by atoms with E-state index < -0.39 is 0 Å². The molecule has 0 fully saturated rings. The van der Waals surface area contributed by atoms with E-state index in [1.807, 2.05) is 0 Å². The van der Waals surface area contributed by atoms with Gasteiger partial charge in [-0.05, 0) is 0 Å². The van der Waals surface area contributed by atoms with Crippen molar-refractivity contribution in [1.29, 1.82) is 0 Å². The molecule has 0 bridgehead atoms. The van der Waals surface area contributed by atoms with Crippen molar-refractivity contribution in [1.82, 2.24) is 0 Å². The predicted molar refractivity (Wildman–Crippen MR) is 44.8 cm³/mol. The largest absolute Gasteiger partial charge is 0.484 e. The van der Waals surface area contributed by atoms with Crippen molar-refractivity contribution in [2.45, 2.75) is 6.92 Å². The van der Waals surface area contributed by atoms with E-state index in [1.54, 1.807) is 6.92 Å². The third-order valence-electron chi connectivity index (χ3n) is 0.933. The van der Waals surface area contributed by atoms with Gasteiger partial charge in [0.25, 0.3) is 0 Å². The van der Waals surface area contributed by atoms with Crippen LogP contribution in [0.2, 0.25) is 0 Å². The molecule has 0 unspecified atom stereocenters. The molecule has 0 amide bonds. The SMILES string of the molecule is C=CN=C(N=C(C)OC)OC. The first-order valence-electron chi connectivity index (χ1n) is 3.06. The van der Waals surface area contributed by atoms with Crippen LogP contribution in [-0.2, 0) is 9.47 Å². The quantitative estimate of drug-likeness (QED) is 0.423. The minimum atomic E-state index is 0.236. The van der Waals surface area contributed by atoms with Gasteiger partial charge in [-0.2, -0.15) is 4.99 Å². The lowest BCUT2D eigenvalue weighted by Crippen LogP contribution is -2.03. The smallest absolute Gasteiger partial charge is 0.319 e. The Balaban J connectivity index is 4.28. The average molecular weight is 156 g/mol. The zero-order chi connectivity index (χ0) is 8.69. The summed E-state index contributed by atoms with van der Waals surface area (Å²) < 4.78 is 9.56. The highest BCUT2D eigenvalue weighted by Gasteiger charge is 1.93. The maximum atomic E-state index is 4.78. The maximum absolute atomic E-state index is 4.78. The summed E-state index contributed by atoms with van der Waals surface area (Å²) in [7, 11) is 3.01. The number of methoxy groups -OCH3 is 2. The number of amidine groups is 1. The van der Waals surface area contributed by atoms with Gasteiger partial charge in [0.2, 0.25) is 0 Å². The summed E-state index contributed by atoms with van der Waals surface area (Å²) in [6.07, 6.45) is 1.35. The second-order valence-electron chi connectivity index (χ2n) is 1.63. The fourth-order valence-corrected chi connectivity index (χ4v) is 0.386. The first kappa shape index (κ1) is 9.68. The van der Waals surface area contributed by atoms with Gasteiger partial charge in [-0.15, -0.1) is 0 Å². The molecule has 0 aliphatic carbocycles. The number of nitrogens with zero attached hydrogens (tertiary/aromatic N) is 2. The number of rotatable bonds is 1. The zero-order valence-electron chi connectivity index (χ0n) is 7.00. The normalized spacial score (nSPS) is 12.6. The summed E-state index contributed by atoms with van der Waals surface area (Å²) in [5, 5.41) is 0. The summed E-state index contributed by atoms with van der Waals surface area (Å²) in [6, 6.07) is 0.236. The molecule has 0 saturated heterocycles. The molecule has 0 radical (unpaired) electrons. The minimum absolute atomic E-state index is 0.236. The molecule has 11 heavy (non-hydrogen) atoms. The van der Waals surface area contributed by atoms with Gasteiger partial charge in [0.05, 0.1) is 14.2 Å². The fraction of sp³-hybridized carbons (Fsp3) is 0.429. The lowest BCUT2D eigenvalue weighted by molar-refractivity contribution is 0.381. The highest BCUT2D eigenvalue weighted by molar-refractivity contribution is 5.89. The van der Waals surface area contributed by atoms with E-state index in [2.05, 4.69) is 16.6 Å². The van der Waals surface area contributed by atoms with Gasteiger partial charge < -0.3 is 9.47 Å². The van der Waals surface area contributed by atoms with E-state index in [9.17, 15) is 0 Å². The number of aliphatic imine (C=N–C) groups is 2. The van der Waals surface area contributed by atoms with Crippen molar-refractivity contribution in [3.63, 3.8) is 0 Å². The van der Waals surface area contributed by atoms with Gasteiger partial charge in [-0.3, -0.25) is 0 Å². The summed E-state index contributed by atoms with van der Waals surface area (Å²) >= 11 is 0. The number of hydrogen-bond acceptors (Lipinski definition) is 3. The van der Waals surface area contributed by atoms with Crippen molar-refractivity contribution < 1.29 is 9.47 Å². The van der Waals surface area contributed by atoms with Gasteiger partial charge in [-0.1, -0.05) is 6.58 Å². The molecular weight excluding hydrogens is 144 g/mol. The Bertz CT molecular complexity index is 185. The molecule has 0 saturated carbocycles. The van der Waals surface area contributed by atoms with Gasteiger partial charge in [0, 0.05) is 13.1 Å². The van der Waals surface area contributed by atoms with E-state index >= 15 is 0 Å². The van der Waals surface area contributed by atoms with Gasteiger partial charge >= 0.3 is 6.02 Å². The van der Waals surface area contributed by atoms with E-state index in [0.717, 1.165) is 0 Å². The second-order valence-corrected chi connectivity index (χ2v) is 1.63. The molecule has 0 aliphatic heterocycles. The Kier molecular flexibility index (Phi) is 4.81. The summed E-state index contributed by atoms with van der Waals surface area (Å²) in [4.78, 5) is 7.58. The highest BCUT2D eigenvalue weighted by atomic mass is 16.5. The van der Waals surface area contributed by atoms with Crippen LogP contribution in [0, 0.1) is 0 Å². The van der Waals surface area contributed by atoms with Crippen LogP contribution in [0.25, 0.3) is 0 Å². The van der Waals surface area contributed by atoms with Crippen LogP contribution in [0.3, 0.4) is 0 Å². The van der Waals surface area contributed by atoms with Crippen LogP contribution in [-0.4, -0.2) is 26.1 Å². The molecule has 0 aromatic carbocycles. The van der Waals surface area contributed by atoms with Gasteiger partial charge in [0.15, 0.2) is 5.90 Å². The van der Waals surface area contributed by atoms with Crippen LogP contribution in [0.15, 0.2) is 22.8 Å². The topological polar surface area (TPSA) is 43.2 Å². The molecule has 0 heterocycles. The van der Waals surface area contributed by atoms with Crippen LogP contribution >= 0.6 is 0 Å². The minimum Gasteiger partial charge on any atom is -0.484 e. The average Bonchev–Trinajstić information content (AvgIpc) is 2.03. The first-order valence-corrected chi connectivity index (χ1v) is 3.06. The maximum Gasteiger partial charge on any atom is 0.319 e.